The van der Waals surface area contributed by atoms with Crippen molar-refractivity contribution >= 4 is 34.1 Å². The van der Waals surface area contributed by atoms with Crippen molar-refractivity contribution in [1.29, 1.82) is 0 Å². The van der Waals surface area contributed by atoms with Gasteiger partial charge < -0.3 is 9.84 Å². The molecule has 1 aliphatic rings. The summed E-state index contributed by atoms with van der Waals surface area (Å²) in [5.74, 6) is 0.186. The molecule has 134 valence electrons. The van der Waals surface area contributed by atoms with E-state index in [9.17, 15) is 5.11 Å². The highest BCUT2D eigenvalue weighted by Gasteiger charge is 2.29. The first kappa shape index (κ1) is 17.6. The van der Waals surface area contributed by atoms with Gasteiger partial charge in [0.2, 0.25) is 0 Å². The van der Waals surface area contributed by atoms with E-state index in [1.807, 2.05) is 36.4 Å². The minimum atomic E-state index is -0.199. The number of phenolic OH excluding ortho intramolecular Hbond substituents is 1. The zero-order chi connectivity index (χ0) is 18.1. The molecule has 4 rings (SSSR count). The quantitative estimate of drug-likeness (QED) is 0.707. The SMILES string of the molecule is Oc1c([C@@H](c2ccc(Cl)cc2Cl)N2CCOCC2)ccc2cccnc12. The van der Waals surface area contributed by atoms with Crippen molar-refractivity contribution < 1.29 is 9.84 Å². The van der Waals surface area contributed by atoms with Crippen molar-refractivity contribution in [1.82, 2.24) is 9.88 Å². The fourth-order valence-corrected chi connectivity index (χ4v) is 4.00. The number of rotatable bonds is 3. The molecule has 1 saturated heterocycles. The van der Waals surface area contributed by atoms with Crippen molar-refractivity contribution in [2.24, 2.45) is 0 Å². The molecule has 0 saturated carbocycles. The Labute approximate surface area is 161 Å². The van der Waals surface area contributed by atoms with Crippen LogP contribution < -0.4 is 0 Å². The molecular weight excluding hydrogens is 371 g/mol. The lowest BCUT2D eigenvalue weighted by Gasteiger charge is -2.35. The molecule has 26 heavy (non-hydrogen) atoms. The average molecular weight is 389 g/mol. The van der Waals surface area contributed by atoms with Crippen LogP contribution in [0.4, 0.5) is 0 Å². The maximum Gasteiger partial charge on any atom is 0.146 e. The number of phenols is 1. The van der Waals surface area contributed by atoms with Crippen molar-refractivity contribution in [2.75, 3.05) is 26.3 Å². The molecule has 1 atom stereocenters. The molecule has 0 radical (unpaired) electrons. The molecule has 3 aromatic rings. The summed E-state index contributed by atoms with van der Waals surface area (Å²) in [5, 5.41) is 13.0. The van der Waals surface area contributed by atoms with Crippen LogP contribution in [0, 0.1) is 0 Å². The van der Waals surface area contributed by atoms with Gasteiger partial charge >= 0.3 is 0 Å². The molecule has 4 nitrogen and oxygen atoms in total. The van der Waals surface area contributed by atoms with E-state index in [4.69, 9.17) is 27.9 Å². The number of aromatic hydroxyl groups is 1. The highest BCUT2D eigenvalue weighted by Crippen LogP contribution is 2.40. The van der Waals surface area contributed by atoms with Gasteiger partial charge in [0.05, 0.1) is 19.3 Å². The monoisotopic (exact) mass is 388 g/mol. The smallest absolute Gasteiger partial charge is 0.146 e. The molecular formula is C20H18Cl2N2O2. The van der Waals surface area contributed by atoms with Gasteiger partial charge in [0, 0.05) is 40.3 Å². The highest BCUT2D eigenvalue weighted by atomic mass is 35.5. The standard InChI is InChI=1S/C20H18Cl2N2O2/c21-14-4-6-15(17(22)12-14)19(24-8-10-26-11-9-24)16-5-3-13-2-1-7-23-18(13)20(16)25/h1-7,12,19,25H,8-11H2/t19-/m1/s1. The van der Waals surface area contributed by atoms with Gasteiger partial charge in [-0.25, -0.2) is 0 Å². The minimum Gasteiger partial charge on any atom is -0.505 e. The molecule has 1 aliphatic heterocycles. The van der Waals surface area contributed by atoms with E-state index in [1.165, 1.54) is 0 Å². The zero-order valence-electron chi connectivity index (χ0n) is 14.0. The Hall–Kier alpha value is -1.85. The molecule has 0 spiro atoms. The van der Waals surface area contributed by atoms with Crippen molar-refractivity contribution in [3.05, 3.63) is 69.8 Å². The Morgan fingerprint density at radius 2 is 1.81 bits per heavy atom. The van der Waals surface area contributed by atoms with Gasteiger partial charge in [-0.1, -0.05) is 47.5 Å². The lowest BCUT2D eigenvalue weighted by atomic mass is 9.94. The first-order chi connectivity index (χ1) is 12.6. The van der Waals surface area contributed by atoms with E-state index in [2.05, 4.69) is 9.88 Å². The molecule has 2 heterocycles. The summed E-state index contributed by atoms with van der Waals surface area (Å²) in [4.78, 5) is 6.62. The predicted molar refractivity (Wildman–Crippen MR) is 104 cm³/mol. The number of morpholine rings is 1. The third kappa shape index (κ3) is 3.26. The average Bonchev–Trinajstić information content (AvgIpc) is 2.66. The Morgan fingerprint density at radius 3 is 2.58 bits per heavy atom. The second kappa shape index (κ2) is 7.41. The van der Waals surface area contributed by atoms with Gasteiger partial charge in [0.15, 0.2) is 0 Å². The molecule has 0 bridgehead atoms. The van der Waals surface area contributed by atoms with E-state index >= 15 is 0 Å². The van der Waals surface area contributed by atoms with Crippen LogP contribution in [-0.4, -0.2) is 41.3 Å². The van der Waals surface area contributed by atoms with Gasteiger partial charge in [0.1, 0.15) is 11.3 Å². The summed E-state index contributed by atoms with van der Waals surface area (Å²) in [6, 6.07) is 13.0. The number of aromatic nitrogens is 1. The molecule has 1 N–H and O–H groups in total. The Morgan fingerprint density at radius 1 is 1.04 bits per heavy atom. The van der Waals surface area contributed by atoms with Crippen LogP contribution in [-0.2, 0) is 4.74 Å². The van der Waals surface area contributed by atoms with Gasteiger partial charge in [-0.2, -0.15) is 0 Å². The molecule has 0 aliphatic carbocycles. The van der Waals surface area contributed by atoms with Gasteiger partial charge in [-0.05, 0) is 23.8 Å². The van der Waals surface area contributed by atoms with E-state index in [0.717, 1.165) is 29.6 Å². The van der Waals surface area contributed by atoms with Gasteiger partial charge in [0.25, 0.3) is 0 Å². The number of benzene rings is 2. The summed E-state index contributed by atoms with van der Waals surface area (Å²) >= 11 is 12.6. The summed E-state index contributed by atoms with van der Waals surface area (Å²) < 4.78 is 5.50. The lowest BCUT2D eigenvalue weighted by Crippen LogP contribution is -2.39. The largest absolute Gasteiger partial charge is 0.505 e. The van der Waals surface area contributed by atoms with Gasteiger partial charge in [-0.15, -0.1) is 0 Å². The number of halogens is 2. The van der Waals surface area contributed by atoms with Crippen molar-refractivity contribution in [3.63, 3.8) is 0 Å². The molecule has 0 amide bonds. The van der Waals surface area contributed by atoms with Crippen LogP contribution in [0.25, 0.3) is 10.9 Å². The van der Waals surface area contributed by atoms with Crippen LogP contribution in [0.5, 0.6) is 5.75 Å². The second-order valence-corrected chi connectivity index (χ2v) is 7.14. The Kier molecular flexibility index (Phi) is 5.00. The maximum absolute atomic E-state index is 11.0. The molecule has 0 unspecified atom stereocenters. The number of pyridine rings is 1. The summed E-state index contributed by atoms with van der Waals surface area (Å²) in [5.41, 5.74) is 2.28. The van der Waals surface area contributed by atoms with E-state index in [0.29, 0.717) is 28.8 Å². The number of hydrogen-bond acceptors (Lipinski definition) is 4. The van der Waals surface area contributed by atoms with Crippen LogP contribution >= 0.6 is 23.2 Å². The third-order valence-electron chi connectivity index (χ3n) is 4.74. The highest BCUT2D eigenvalue weighted by molar-refractivity contribution is 6.35. The first-order valence-electron chi connectivity index (χ1n) is 8.48. The van der Waals surface area contributed by atoms with E-state index in [1.54, 1.807) is 12.3 Å². The maximum atomic E-state index is 11.0. The summed E-state index contributed by atoms with van der Waals surface area (Å²) in [6.07, 6.45) is 1.69. The fourth-order valence-electron chi connectivity index (χ4n) is 3.49. The van der Waals surface area contributed by atoms with Crippen molar-refractivity contribution in [3.8, 4) is 5.75 Å². The second-order valence-electron chi connectivity index (χ2n) is 6.30. The Bertz CT molecular complexity index is 942. The van der Waals surface area contributed by atoms with E-state index in [-0.39, 0.29) is 11.8 Å². The number of ether oxygens (including phenoxy) is 1. The lowest BCUT2D eigenvalue weighted by molar-refractivity contribution is 0.0236. The minimum absolute atomic E-state index is 0.186. The van der Waals surface area contributed by atoms with Crippen LogP contribution in [0.15, 0.2) is 48.7 Å². The Balaban J connectivity index is 1.89. The molecule has 6 heteroatoms. The zero-order valence-corrected chi connectivity index (χ0v) is 15.5. The topological polar surface area (TPSA) is 45.6 Å². The number of hydrogen-bond donors (Lipinski definition) is 1. The van der Waals surface area contributed by atoms with Crippen LogP contribution in [0.1, 0.15) is 17.2 Å². The predicted octanol–water partition coefficient (Wildman–Crippen LogP) is 4.67. The van der Waals surface area contributed by atoms with Crippen molar-refractivity contribution in [2.45, 2.75) is 6.04 Å². The number of fused-ring (bicyclic) bond motifs is 1. The van der Waals surface area contributed by atoms with Crippen LogP contribution in [0.2, 0.25) is 10.0 Å². The molecule has 2 aromatic carbocycles. The normalized spacial score (nSPS) is 16.7. The number of nitrogens with zero attached hydrogens (tertiary/aromatic N) is 2. The van der Waals surface area contributed by atoms with Gasteiger partial charge in [-0.3, -0.25) is 9.88 Å². The third-order valence-corrected chi connectivity index (χ3v) is 5.30. The van der Waals surface area contributed by atoms with E-state index < -0.39 is 0 Å². The summed E-state index contributed by atoms with van der Waals surface area (Å²) in [7, 11) is 0. The van der Waals surface area contributed by atoms with Crippen LogP contribution in [0.3, 0.4) is 0 Å². The summed E-state index contributed by atoms with van der Waals surface area (Å²) in [6.45, 7) is 2.80. The fraction of sp³-hybridized carbons (Fsp3) is 0.250. The molecule has 1 aromatic heterocycles. The first-order valence-corrected chi connectivity index (χ1v) is 9.24. The molecule has 1 fully saturated rings.